The van der Waals surface area contributed by atoms with Gasteiger partial charge in [-0.2, -0.15) is 0 Å². The molecule has 138 valence electrons. The molecule has 6 heteroatoms. The largest absolute Gasteiger partial charge is 0.497 e. The Morgan fingerprint density at radius 2 is 1.77 bits per heavy atom. The van der Waals surface area contributed by atoms with E-state index in [1.165, 1.54) is 7.11 Å². The summed E-state index contributed by atoms with van der Waals surface area (Å²) in [6.45, 7) is 0.346. The minimum absolute atomic E-state index is 0.139. The maximum atomic E-state index is 12.3. The fraction of sp³-hybridized carbons (Fsp3) is 0.300. The average Bonchev–Trinajstić information content (AvgIpc) is 2.66. The summed E-state index contributed by atoms with van der Waals surface area (Å²) in [4.78, 5) is 27.1. The van der Waals surface area contributed by atoms with Crippen LogP contribution in [0.4, 0.5) is 5.69 Å². The molecule has 0 saturated carbocycles. The monoisotopic (exact) mass is 356 g/mol. The molecule has 1 amide bonds. The van der Waals surface area contributed by atoms with Gasteiger partial charge in [0.2, 0.25) is 0 Å². The van der Waals surface area contributed by atoms with Crippen LogP contribution in [0.2, 0.25) is 0 Å². The van der Waals surface area contributed by atoms with Gasteiger partial charge in [-0.1, -0.05) is 12.1 Å². The molecule has 0 spiro atoms. The Labute approximate surface area is 153 Å². The van der Waals surface area contributed by atoms with Gasteiger partial charge in [-0.3, -0.25) is 9.59 Å². The van der Waals surface area contributed by atoms with Gasteiger partial charge < -0.3 is 19.3 Å². The topological polar surface area (TPSA) is 59.1 Å². The molecule has 2 rings (SSSR count). The number of carbonyl (C=O) groups is 2. The number of likely N-dealkylation sites (N-methyl/N-ethyl adjacent to an activating group) is 1. The maximum Gasteiger partial charge on any atom is 0.260 e. The van der Waals surface area contributed by atoms with E-state index >= 15 is 0 Å². The van der Waals surface area contributed by atoms with Crippen LogP contribution in [-0.4, -0.2) is 52.0 Å². The number of rotatable bonds is 8. The summed E-state index contributed by atoms with van der Waals surface area (Å²) in [6, 6.07) is 12.9. The Balaban J connectivity index is 1.94. The summed E-state index contributed by atoms with van der Waals surface area (Å²) >= 11 is 0. The van der Waals surface area contributed by atoms with Crippen molar-refractivity contribution in [3.05, 3.63) is 53.6 Å². The number of ether oxygens (including phenoxy) is 2. The highest BCUT2D eigenvalue weighted by Gasteiger charge is 2.12. The molecular weight excluding hydrogens is 332 g/mol. The lowest BCUT2D eigenvalue weighted by Gasteiger charge is -2.19. The van der Waals surface area contributed by atoms with E-state index in [1.807, 2.05) is 43.3 Å². The average molecular weight is 356 g/mol. The Morgan fingerprint density at radius 1 is 1.08 bits per heavy atom. The third kappa shape index (κ3) is 4.99. The summed E-state index contributed by atoms with van der Waals surface area (Å²) in [7, 11) is 7.21. The molecule has 0 bridgehead atoms. The number of anilines is 1. The normalized spacial score (nSPS) is 10.2. The van der Waals surface area contributed by atoms with E-state index in [4.69, 9.17) is 9.47 Å². The molecule has 0 aromatic heterocycles. The number of methoxy groups -OCH3 is 1. The van der Waals surface area contributed by atoms with Crippen LogP contribution in [0.3, 0.4) is 0 Å². The van der Waals surface area contributed by atoms with Crippen LogP contribution >= 0.6 is 0 Å². The standard InChI is InChI=1S/C20H24N2O4/c1-21(2)17-7-5-15(6-8-17)12-22(3)20(24)14-26-19-10-9-18(25-4)11-16(19)13-23/h5-11,13H,12,14H2,1-4H3. The molecule has 0 heterocycles. The molecule has 2 aromatic carbocycles. The molecule has 2 aromatic rings. The summed E-state index contributed by atoms with van der Waals surface area (Å²) in [6.07, 6.45) is 0.679. The lowest BCUT2D eigenvalue weighted by molar-refractivity contribution is -0.132. The van der Waals surface area contributed by atoms with Crippen LogP contribution < -0.4 is 14.4 Å². The number of hydrogen-bond donors (Lipinski definition) is 0. The van der Waals surface area contributed by atoms with Crippen molar-refractivity contribution in [2.24, 2.45) is 0 Å². The van der Waals surface area contributed by atoms with Crippen molar-refractivity contribution in [1.82, 2.24) is 4.90 Å². The molecule has 0 unspecified atom stereocenters. The lowest BCUT2D eigenvalue weighted by atomic mass is 10.2. The van der Waals surface area contributed by atoms with Gasteiger partial charge in [0.1, 0.15) is 11.5 Å². The molecule has 6 nitrogen and oxygen atoms in total. The molecule has 0 radical (unpaired) electrons. The van der Waals surface area contributed by atoms with Crippen molar-refractivity contribution in [1.29, 1.82) is 0 Å². The second-order valence-electron chi connectivity index (χ2n) is 6.12. The Hall–Kier alpha value is -3.02. The highest BCUT2D eigenvalue weighted by molar-refractivity contribution is 5.81. The lowest BCUT2D eigenvalue weighted by Crippen LogP contribution is -2.31. The quantitative estimate of drug-likeness (QED) is 0.681. The van der Waals surface area contributed by atoms with Crippen molar-refractivity contribution >= 4 is 17.9 Å². The predicted octanol–water partition coefficient (Wildman–Crippen LogP) is 2.61. The molecule has 0 atom stereocenters. The molecule has 0 saturated heterocycles. The van der Waals surface area contributed by atoms with Crippen LogP contribution in [0.15, 0.2) is 42.5 Å². The summed E-state index contributed by atoms with van der Waals surface area (Å²) in [5.74, 6) is 0.747. The zero-order chi connectivity index (χ0) is 19.1. The van der Waals surface area contributed by atoms with Crippen LogP contribution in [0.25, 0.3) is 0 Å². The van der Waals surface area contributed by atoms with Crippen LogP contribution in [-0.2, 0) is 11.3 Å². The first-order valence-electron chi connectivity index (χ1n) is 8.21. The first-order chi connectivity index (χ1) is 12.4. The van der Waals surface area contributed by atoms with E-state index in [9.17, 15) is 9.59 Å². The van der Waals surface area contributed by atoms with Gasteiger partial charge >= 0.3 is 0 Å². The zero-order valence-electron chi connectivity index (χ0n) is 15.6. The van der Waals surface area contributed by atoms with Gasteiger partial charge in [0.15, 0.2) is 12.9 Å². The fourth-order valence-corrected chi connectivity index (χ4v) is 2.39. The van der Waals surface area contributed by atoms with Gasteiger partial charge in [-0.15, -0.1) is 0 Å². The Morgan fingerprint density at radius 3 is 2.35 bits per heavy atom. The second kappa shape index (κ2) is 8.89. The van der Waals surface area contributed by atoms with Crippen molar-refractivity contribution in [2.75, 3.05) is 39.8 Å². The number of nitrogens with zero attached hydrogens (tertiary/aromatic N) is 2. The van der Waals surface area contributed by atoms with Crippen molar-refractivity contribution in [3.63, 3.8) is 0 Å². The van der Waals surface area contributed by atoms with Gasteiger partial charge in [-0.05, 0) is 35.9 Å². The molecule has 0 fully saturated rings. The highest BCUT2D eigenvalue weighted by atomic mass is 16.5. The van der Waals surface area contributed by atoms with Gasteiger partial charge in [-0.25, -0.2) is 0 Å². The van der Waals surface area contributed by atoms with Crippen LogP contribution in [0, 0.1) is 0 Å². The third-order valence-corrected chi connectivity index (χ3v) is 3.99. The fourth-order valence-electron chi connectivity index (χ4n) is 2.39. The van der Waals surface area contributed by atoms with Crippen LogP contribution in [0.5, 0.6) is 11.5 Å². The summed E-state index contributed by atoms with van der Waals surface area (Å²) < 4.78 is 10.6. The van der Waals surface area contributed by atoms with Crippen molar-refractivity contribution < 1.29 is 19.1 Å². The summed E-state index contributed by atoms with van der Waals surface area (Å²) in [5.41, 5.74) is 2.48. The molecule has 26 heavy (non-hydrogen) atoms. The Bertz CT molecular complexity index is 757. The first-order valence-corrected chi connectivity index (χ1v) is 8.21. The van der Waals surface area contributed by atoms with E-state index in [0.717, 1.165) is 11.3 Å². The van der Waals surface area contributed by atoms with Gasteiger partial charge in [0, 0.05) is 33.4 Å². The maximum absolute atomic E-state index is 12.3. The number of hydrogen-bond acceptors (Lipinski definition) is 5. The molecule has 0 aliphatic rings. The molecule has 0 aliphatic heterocycles. The van der Waals surface area contributed by atoms with Crippen molar-refractivity contribution in [3.8, 4) is 11.5 Å². The van der Waals surface area contributed by atoms with E-state index in [-0.39, 0.29) is 12.5 Å². The smallest absolute Gasteiger partial charge is 0.260 e. The number of aldehydes is 1. The Kier molecular flexibility index (Phi) is 6.60. The number of carbonyl (C=O) groups excluding carboxylic acids is 2. The minimum atomic E-state index is -0.172. The van der Waals surface area contributed by atoms with Gasteiger partial charge in [0.05, 0.1) is 12.7 Å². The molecule has 0 aliphatic carbocycles. The second-order valence-corrected chi connectivity index (χ2v) is 6.12. The predicted molar refractivity (Wildman–Crippen MR) is 101 cm³/mol. The van der Waals surface area contributed by atoms with E-state index in [2.05, 4.69) is 0 Å². The van der Waals surface area contributed by atoms with Gasteiger partial charge in [0.25, 0.3) is 5.91 Å². The zero-order valence-corrected chi connectivity index (χ0v) is 15.6. The van der Waals surface area contributed by atoms with E-state index in [1.54, 1.807) is 30.1 Å². The van der Waals surface area contributed by atoms with E-state index < -0.39 is 0 Å². The van der Waals surface area contributed by atoms with Crippen molar-refractivity contribution in [2.45, 2.75) is 6.54 Å². The van der Waals surface area contributed by atoms with E-state index in [0.29, 0.717) is 29.9 Å². The molecule has 0 N–H and O–H groups in total. The minimum Gasteiger partial charge on any atom is -0.497 e. The molecular formula is C20H24N2O4. The number of amides is 1. The summed E-state index contributed by atoms with van der Waals surface area (Å²) in [5, 5.41) is 0. The van der Waals surface area contributed by atoms with Crippen LogP contribution in [0.1, 0.15) is 15.9 Å². The SMILES string of the molecule is COc1ccc(OCC(=O)N(C)Cc2ccc(N(C)C)cc2)c(C=O)c1. The number of benzene rings is 2. The first kappa shape index (κ1) is 19.3. The third-order valence-electron chi connectivity index (χ3n) is 3.99. The highest BCUT2D eigenvalue weighted by Crippen LogP contribution is 2.22.